The smallest absolute Gasteiger partial charge is 0.171 e. The average molecular weight is 295 g/mol. The fourth-order valence-corrected chi connectivity index (χ4v) is 1.84. The maximum absolute atomic E-state index is 6.06. The van der Waals surface area contributed by atoms with Gasteiger partial charge < -0.3 is 0 Å². The Kier molecular flexibility index (Phi) is 4.35. The van der Waals surface area contributed by atoms with Gasteiger partial charge in [-0.25, -0.2) is 5.01 Å². The van der Waals surface area contributed by atoms with Gasteiger partial charge in [-0.2, -0.15) is 10.2 Å². The van der Waals surface area contributed by atoms with Gasteiger partial charge in [-0.3, -0.25) is 0 Å². The van der Waals surface area contributed by atoms with Gasteiger partial charge in [-0.05, 0) is 31.2 Å². The van der Waals surface area contributed by atoms with Crippen LogP contribution in [0.3, 0.4) is 0 Å². The monoisotopic (exact) mass is 294 g/mol. The normalized spacial score (nSPS) is 10.9. The molecule has 2 rings (SSSR count). The number of rotatable bonds is 3. The van der Waals surface area contributed by atoms with E-state index in [2.05, 4.69) is 15.3 Å². The minimum absolute atomic E-state index is 0.555. The molecule has 0 fully saturated rings. The highest BCUT2D eigenvalue weighted by Crippen LogP contribution is 2.19. The molecule has 98 valence electrons. The molecule has 4 nitrogen and oxygen atoms in total. The SMILES string of the molecule is Cc1ccc(N(C)/N=C/c2ccc(Cl)cc2Cl)nn1. The van der Waals surface area contributed by atoms with Gasteiger partial charge in [-0.15, -0.1) is 5.10 Å². The van der Waals surface area contributed by atoms with E-state index < -0.39 is 0 Å². The summed E-state index contributed by atoms with van der Waals surface area (Å²) in [6, 6.07) is 8.98. The maximum atomic E-state index is 6.06. The molecule has 0 radical (unpaired) electrons. The van der Waals surface area contributed by atoms with E-state index >= 15 is 0 Å². The van der Waals surface area contributed by atoms with Crippen molar-refractivity contribution in [3.63, 3.8) is 0 Å². The molecular formula is C13H12Cl2N4. The van der Waals surface area contributed by atoms with Gasteiger partial charge in [0.05, 0.1) is 16.9 Å². The maximum Gasteiger partial charge on any atom is 0.171 e. The first-order valence-electron chi connectivity index (χ1n) is 5.59. The van der Waals surface area contributed by atoms with Crippen LogP contribution in [0, 0.1) is 6.92 Å². The minimum atomic E-state index is 0.555. The van der Waals surface area contributed by atoms with Crippen LogP contribution in [0.2, 0.25) is 10.0 Å². The van der Waals surface area contributed by atoms with Crippen LogP contribution in [-0.2, 0) is 0 Å². The summed E-state index contributed by atoms with van der Waals surface area (Å²) in [5.41, 5.74) is 1.65. The number of aromatic nitrogens is 2. The predicted octanol–water partition coefficient (Wildman–Crippen LogP) is 3.56. The highest BCUT2D eigenvalue weighted by atomic mass is 35.5. The second kappa shape index (κ2) is 5.99. The number of hydrazone groups is 1. The van der Waals surface area contributed by atoms with Crippen molar-refractivity contribution in [3.05, 3.63) is 51.6 Å². The molecule has 0 aliphatic carbocycles. The highest BCUT2D eigenvalue weighted by Gasteiger charge is 2.02. The minimum Gasteiger partial charge on any atom is -0.250 e. The van der Waals surface area contributed by atoms with Crippen molar-refractivity contribution in [2.75, 3.05) is 12.1 Å². The number of benzene rings is 1. The number of nitrogens with zero attached hydrogens (tertiary/aromatic N) is 4. The summed E-state index contributed by atoms with van der Waals surface area (Å²) >= 11 is 11.9. The lowest BCUT2D eigenvalue weighted by atomic mass is 10.2. The summed E-state index contributed by atoms with van der Waals surface area (Å²) in [6.45, 7) is 1.88. The number of hydrogen-bond acceptors (Lipinski definition) is 4. The predicted molar refractivity (Wildman–Crippen MR) is 79.2 cm³/mol. The zero-order valence-corrected chi connectivity index (χ0v) is 12.0. The van der Waals surface area contributed by atoms with E-state index in [9.17, 15) is 0 Å². The highest BCUT2D eigenvalue weighted by molar-refractivity contribution is 6.36. The number of hydrogen-bond donors (Lipinski definition) is 0. The summed E-state index contributed by atoms with van der Waals surface area (Å²) in [5, 5.41) is 15.0. The Hall–Kier alpha value is -1.65. The molecule has 1 aromatic carbocycles. The van der Waals surface area contributed by atoms with Gasteiger partial charge in [0.15, 0.2) is 5.82 Å². The van der Waals surface area contributed by atoms with Crippen molar-refractivity contribution < 1.29 is 0 Å². The second-order valence-corrected chi connectivity index (χ2v) is 4.81. The molecule has 0 bridgehead atoms. The molecule has 1 aromatic heterocycles. The topological polar surface area (TPSA) is 41.4 Å². The Morgan fingerprint density at radius 2 is 1.95 bits per heavy atom. The Labute approximate surface area is 121 Å². The van der Waals surface area contributed by atoms with Gasteiger partial charge in [0, 0.05) is 17.6 Å². The van der Waals surface area contributed by atoms with Gasteiger partial charge in [0.1, 0.15) is 0 Å². The van der Waals surface area contributed by atoms with Crippen molar-refractivity contribution in [1.82, 2.24) is 10.2 Å². The summed E-state index contributed by atoms with van der Waals surface area (Å²) in [7, 11) is 1.79. The van der Waals surface area contributed by atoms with Crippen molar-refractivity contribution in [2.45, 2.75) is 6.92 Å². The Bertz CT molecular complexity index is 596. The molecule has 2 aromatic rings. The molecule has 6 heteroatoms. The molecule has 1 heterocycles. The second-order valence-electron chi connectivity index (χ2n) is 3.97. The molecule has 0 amide bonds. The summed E-state index contributed by atoms with van der Waals surface area (Å²) < 4.78 is 0. The van der Waals surface area contributed by atoms with E-state index in [1.54, 1.807) is 30.4 Å². The van der Waals surface area contributed by atoms with E-state index in [0.29, 0.717) is 15.9 Å². The van der Waals surface area contributed by atoms with Crippen LogP contribution in [-0.4, -0.2) is 23.5 Å². The number of halogens is 2. The average Bonchev–Trinajstić information content (AvgIpc) is 2.38. The van der Waals surface area contributed by atoms with Crippen LogP contribution in [0.25, 0.3) is 0 Å². The third kappa shape index (κ3) is 3.66. The molecule has 0 saturated heterocycles. The van der Waals surface area contributed by atoms with Crippen LogP contribution in [0.15, 0.2) is 35.4 Å². The third-order valence-corrected chi connectivity index (χ3v) is 3.01. The lowest BCUT2D eigenvalue weighted by molar-refractivity contribution is 0.902. The molecule has 0 atom stereocenters. The number of anilines is 1. The van der Waals surface area contributed by atoms with E-state index in [1.165, 1.54) is 0 Å². The first kappa shape index (κ1) is 13.8. The molecular weight excluding hydrogens is 283 g/mol. The van der Waals surface area contributed by atoms with Crippen molar-refractivity contribution in [1.29, 1.82) is 0 Å². The van der Waals surface area contributed by atoms with E-state index in [1.807, 2.05) is 25.1 Å². The molecule has 0 N–H and O–H groups in total. The zero-order chi connectivity index (χ0) is 13.8. The summed E-state index contributed by atoms with van der Waals surface area (Å²) in [6.07, 6.45) is 1.65. The molecule has 0 spiro atoms. The Morgan fingerprint density at radius 3 is 2.58 bits per heavy atom. The van der Waals surface area contributed by atoms with Gasteiger partial charge >= 0.3 is 0 Å². The van der Waals surface area contributed by atoms with Gasteiger partial charge in [0.2, 0.25) is 0 Å². The van der Waals surface area contributed by atoms with Crippen LogP contribution in [0.1, 0.15) is 11.3 Å². The first-order chi connectivity index (χ1) is 9.06. The fourth-order valence-electron chi connectivity index (χ4n) is 1.38. The van der Waals surface area contributed by atoms with Gasteiger partial charge in [0.25, 0.3) is 0 Å². The molecule has 0 unspecified atom stereocenters. The van der Waals surface area contributed by atoms with Crippen molar-refractivity contribution in [3.8, 4) is 0 Å². The lowest BCUT2D eigenvalue weighted by Gasteiger charge is -2.10. The molecule has 0 saturated carbocycles. The lowest BCUT2D eigenvalue weighted by Crippen LogP contribution is -2.11. The quantitative estimate of drug-likeness (QED) is 0.642. The molecule has 0 aliphatic heterocycles. The summed E-state index contributed by atoms with van der Waals surface area (Å²) in [5.74, 6) is 0.659. The van der Waals surface area contributed by atoms with Crippen LogP contribution in [0.5, 0.6) is 0 Å². The zero-order valence-electron chi connectivity index (χ0n) is 10.5. The molecule has 19 heavy (non-hydrogen) atoms. The third-order valence-electron chi connectivity index (χ3n) is 2.45. The Morgan fingerprint density at radius 1 is 1.16 bits per heavy atom. The largest absolute Gasteiger partial charge is 0.250 e. The van der Waals surface area contributed by atoms with E-state index in [0.717, 1.165) is 11.3 Å². The molecule has 0 aliphatic rings. The van der Waals surface area contributed by atoms with E-state index in [4.69, 9.17) is 23.2 Å². The van der Waals surface area contributed by atoms with Crippen LogP contribution >= 0.6 is 23.2 Å². The van der Waals surface area contributed by atoms with Gasteiger partial charge in [-0.1, -0.05) is 29.3 Å². The fraction of sp³-hybridized carbons (Fsp3) is 0.154. The standard InChI is InChI=1S/C13H12Cl2N4/c1-9-3-6-13(18-17-9)19(2)16-8-10-4-5-11(14)7-12(10)15/h3-8H,1-2H3/b16-8+. The number of aryl methyl sites for hydroxylation is 1. The van der Waals surface area contributed by atoms with Crippen LogP contribution < -0.4 is 5.01 Å². The van der Waals surface area contributed by atoms with Crippen molar-refractivity contribution in [2.24, 2.45) is 5.10 Å². The summed E-state index contributed by atoms with van der Waals surface area (Å²) in [4.78, 5) is 0. The van der Waals surface area contributed by atoms with Crippen molar-refractivity contribution >= 4 is 35.2 Å². The van der Waals surface area contributed by atoms with E-state index in [-0.39, 0.29) is 0 Å². The van der Waals surface area contributed by atoms with Crippen LogP contribution in [0.4, 0.5) is 5.82 Å². The first-order valence-corrected chi connectivity index (χ1v) is 6.35. The Balaban J connectivity index is 2.15.